The number of amides is 3. The van der Waals surface area contributed by atoms with Gasteiger partial charge in [0.05, 0.1) is 5.92 Å². The van der Waals surface area contributed by atoms with Crippen LogP contribution in [0.4, 0.5) is 10.5 Å². The number of carbonyl (C=O) groups excluding carboxylic acids is 2. The van der Waals surface area contributed by atoms with Crippen molar-refractivity contribution in [2.45, 2.75) is 65.5 Å². The molecule has 9 heteroatoms. The summed E-state index contributed by atoms with van der Waals surface area (Å²) in [4.78, 5) is 45.3. The fourth-order valence-electron chi connectivity index (χ4n) is 5.81. The number of benzene rings is 2. The zero-order valence-electron chi connectivity index (χ0n) is 25.7. The average Bonchev–Trinajstić information content (AvgIpc) is 2.99. The summed E-state index contributed by atoms with van der Waals surface area (Å²) >= 11 is 0. The summed E-state index contributed by atoms with van der Waals surface area (Å²) in [6.07, 6.45) is 0.828. The standard InChI is InChI=1S/C33H46N4O5/c1-6-34(22-25-12-14-26(15-13-25)24(2)3)30(38)27-9-8-16-37(23-27)28-10-7-11-29(21-28)42-33(4,5)31(39)35-17-19-36(20-18-35)32(40)41/h7,10-15,21,24,27H,6,8-9,16-20,22-23H2,1-5H3,(H,40,41). The lowest BCUT2D eigenvalue weighted by Gasteiger charge is -2.38. The van der Waals surface area contributed by atoms with Crippen LogP contribution in [0.5, 0.6) is 5.75 Å². The molecule has 2 aromatic rings. The van der Waals surface area contributed by atoms with Crippen molar-refractivity contribution in [3.63, 3.8) is 0 Å². The molecule has 0 saturated carbocycles. The SMILES string of the molecule is CCN(Cc1ccc(C(C)C)cc1)C(=O)C1CCCN(c2cccc(OC(C)(C)C(=O)N3CCN(C(=O)O)CC3)c2)C1. The van der Waals surface area contributed by atoms with Gasteiger partial charge in [0.25, 0.3) is 5.91 Å². The lowest BCUT2D eigenvalue weighted by molar-refractivity contribution is -0.147. The molecule has 3 amide bonds. The minimum Gasteiger partial charge on any atom is -0.478 e. The van der Waals surface area contributed by atoms with Crippen LogP contribution in [0.25, 0.3) is 0 Å². The summed E-state index contributed by atoms with van der Waals surface area (Å²) in [5.74, 6) is 1.01. The van der Waals surface area contributed by atoms with Crippen LogP contribution in [-0.2, 0) is 16.1 Å². The van der Waals surface area contributed by atoms with Crippen LogP contribution >= 0.6 is 0 Å². The Hall–Kier alpha value is -3.75. The number of nitrogens with zero attached hydrogens (tertiary/aromatic N) is 4. The van der Waals surface area contributed by atoms with Gasteiger partial charge >= 0.3 is 6.09 Å². The molecule has 0 aliphatic carbocycles. The van der Waals surface area contributed by atoms with E-state index in [0.29, 0.717) is 57.5 Å². The van der Waals surface area contributed by atoms with Crippen molar-refractivity contribution in [2.75, 3.05) is 50.7 Å². The maximum atomic E-state index is 13.6. The van der Waals surface area contributed by atoms with Crippen LogP contribution in [-0.4, -0.2) is 89.1 Å². The highest BCUT2D eigenvalue weighted by atomic mass is 16.5. The molecule has 2 saturated heterocycles. The van der Waals surface area contributed by atoms with Crippen molar-refractivity contribution in [3.05, 3.63) is 59.7 Å². The third-order valence-corrected chi connectivity index (χ3v) is 8.39. The van der Waals surface area contributed by atoms with E-state index in [1.165, 1.54) is 10.5 Å². The smallest absolute Gasteiger partial charge is 0.407 e. The van der Waals surface area contributed by atoms with Gasteiger partial charge in [0.2, 0.25) is 5.91 Å². The molecule has 0 spiro atoms. The molecule has 228 valence electrons. The van der Waals surface area contributed by atoms with Crippen molar-refractivity contribution in [2.24, 2.45) is 5.92 Å². The van der Waals surface area contributed by atoms with E-state index >= 15 is 0 Å². The fourth-order valence-corrected chi connectivity index (χ4v) is 5.81. The van der Waals surface area contributed by atoms with Crippen LogP contribution in [0, 0.1) is 5.92 Å². The molecule has 2 aromatic carbocycles. The Morgan fingerprint density at radius 3 is 2.29 bits per heavy atom. The summed E-state index contributed by atoms with van der Waals surface area (Å²) in [5.41, 5.74) is 2.30. The van der Waals surface area contributed by atoms with Gasteiger partial charge in [0, 0.05) is 64.1 Å². The van der Waals surface area contributed by atoms with E-state index in [1.54, 1.807) is 18.7 Å². The molecule has 2 aliphatic rings. The largest absolute Gasteiger partial charge is 0.478 e. The van der Waals surface area contributed by atoms with Gasteiger partial charge in [-0.15, -0.1) is 0 Å². The number of ether oxygens (including phenoxy) is 1. The summed E-state index contributed by atoms with van der Waals surface area (Å²) in [6.45, 7) is 13.9. The first-order valence-corrected chi connectivity index (χ1v) is 15.2. The van der Waals surface area contributed by atoms with Gasteiger partial charge in [-0.3, -0.25) is 9.59 Å². The maximum absolute atomic E-state index is 13.6. The van der Waals surface area contributed by atoms with Crippen LogP contribution < -0.4 is 9.64 Å². The van der Waals surface area contributed by atoms with Crippen LogP contribution in [0.3, 0.4) is 0 Å². The van der Waals surface area contributed by atoms with Crippen LogP contribution in [0.15, 0.2) is 48.5 Å². The van der Waals surface area contributed by atoms with E-state index in [1.807, 2.05) is 36.1 Å². The highest BCUT2D eigenvalue weighted by molar-refractivity contribution is 5.85. The number of carboxylic acid groups (broad SMARTS) is 1. The van der Waals surface area contributed by atoms with Gasteiger partial charge in [0.1, 0.15) is 5.75 Å². The molecule has 42 heavy (non-hydrogen) atoms. The predicted octanol–water partition coefficient (Wildman–Crippen LogP) is 5.05. The third-order valence-electron chi connectivity index (χ3n) is 8.39. The van der Waals surface area contributed by atoms with Crippen molar-refractivity contribution >= 4 is 23.6 Å². The van der Waals surface area contributed by atoms with Crippen molar-refractivity contribution in [1.29, 1.82) is 0 Å². The number of anilines is 1. The second-order valence-corrected chi connectivity index (χ2v) is 12.2. The first kappa shape index (κ1) is 31.2. The van der Waals surface area contributed by atoms with Crippen molar-refractivity contribution in [1.82, 2.24) is 14.7 Å². The molecule has 9 nitrogen and oxygen atoms in total. The number of rotatable bonds is 9. The molecule has 1 unspecified atom stereocenters. The number of piperidine rings is 1. The second kappa shape index (κ2) is 13.5. The Balaban J connectivity index is 1.38. The lowest BCUT2D eigenvalue weighted by atomic mass is 9.95. The summed E-state index contributed by atoms with van der Waals surface area (Å²) in [5, 5.41) is 9.19. The monoisotopic (exact) mass is 578 g/mol. The zero-order valence-corrected chi connectivity index (χ0v) is 25.7. The topological polar surface area (TPSA) is 93.6 Å². The predicted molar refractivity (Wildman–Crippen MR) is 164 cm³/mol. The zero-order chi connectivity index (χ0) is 30.4. The van der Waals surface area contributed by atoms with Crippen molar-refractivity contribution < 1.29 is 24.2 Å². The maximum Gasteiger partial charge on any atom is 0.407 e. The quantitative estimate of drug-likeness (QED) is 0.448. The van der Waals surface area contributed by atoms with Gasteiger partial charge in [-0.05, 0) is 62.8 Å². The molecule has 0 radical (unpaired) electrons. The Bertz CT molecular complexity index is 1240. The van der Waals surface area contributed by atoms with E-state index in [4.69, 9.17) is 4.74 Å². The minimum absolute atomic E-state index is 0.0827. The van der Waals surface area contributed by atoms with Gasteiger partial charge < -0.3 is 29.4 Å². The number of carbonyl (C=O) groups is 3. The lowest BCUT2D eigenvalue weighted by Crippen LogP contribution is -2.56. The molecule has 0 bridgehead atoms. The van der Waals surface area contributed by atoms with Gasteiger partial charge in [-0.25, -0.2) is 4.79 Å². The Labute approximate surface area is 250 Å². The molecule has 1 N–H and O–H groups in total. The van der Waals surface area contributed by atoms with Crippen molar-refractivity contribution in [3.8, 4) is 5.75 Å². The molecular weight excluding hydrogens is 532 g/mol. The third kappa shape index (κ3) is 7.55. The molecular formula is C33H46N4O5. The summed E-state index contributed by atoms with van der Waals surface area (Å²) < 4.78 is 6.22. The Morgan fingerprint density at radius 1 is 1.00 bits per heavy atom. The van der Waals surface area contributed by atoms with E-state index < -0.39 is 11.7 Å². The van der Waals surface area contributed by atoms with E-state index in [0.717, 1.165) is 30.6 Å². The highest BCUT2D eigenvalue weighted by Crippen LogP contribution is 2.30. The first-order chi connectivity index (χ1) is 20.0. The summed E-state index contributed by atoms with van der Waals surface area (Å²) in [6, 6.07) is 16.3. The van der Waals surface area contributed by atoms with Crippen LogP contribution in [0.2, 0.25) is 0 Å². The Kier molecular flexibility index (Phi) is 10.0. The molecule has 2 fully saturated rings. The number of piperazine rings is 1. The first-order valence-electron chi connectivity index (χ1n) is 15.2. The van der Waals surface area contributed by atoms with Gasteiger partial charge in [-0.1, -0.05) is 44.2 Å². The molecule has 2 heterocycles. The second-order valence-electron chi connectivity index (χ2n) is 12.2. The number of hydrogen-bond acceptors (Lipinski definition) is 5. The summed E-state index contributed by atoms with van der Waals surface area (Å²) in [7, 11) is 0. The van der Waals surface area contributed by atoms with E-state index in [-0.39, 0.29) is 17.7 Å². The average molecular weight is 579 g/mol. The van der Waals surface area contributed by atoms with Gasteiger partial charge in [0.15, 0.2) is 5.60 Å². The van der Waals surface area contributed by atoms with E-state index in [9.17, 15) is 19.5 Å². The molecule has 1 atom stereocenters. The number of hydrogen-bond donors (Lipinski definition) is 1. The Morgan fingerprint density at radius 2 is 1.67 bits per heavy atom. The molecule has 4 rings (SSSR count). The molecule has 2 aliphatic heterocycles. The van der Waals surface area contributed by atoms with Crippen LogP contribution in [0.1, 0.15) is 64.5 Å². The highest BCUT2D eigenvalue weighted by Gasteiger charge is 2.36. The molecule has 0 aromatic heterocycles. The normalized spacial score (nSPS) is 17.8. The fraction of sp³-hybridized carbons (Fsp3) is 0.545. The minimum atomic E-state index is -1.11. The van der Waals surface area contributed by atoms with Gasteiger partial charge in [-0.2, -0.15) is 0 Å². The van der Waals surface area contributed by atoms with E-state index in [2.05, 4.69) is 43.0 Å².